The van der Waals surface area contributed by atoms with Crippen molar-refractivity contribution in [1.82, 2.24) is 15.0 Å². The zero-order valence-corrected chi connectivity index (χ0v) is 17.2. The molecule has 2 aromatic carbocycles. The average molecular weight is 429 g/mol. The minimum absolute atomic E-state index is 0.240. The summed E-state index contributed by atoms with van der Waals surface area (Å²) >= 11 is 0. The summed E-state index contributed by atoms with van der Waals surface area (Å²) in [5.41, 5.74) is 3.90. The van der Waals surface area contributed by atoms with Gasteiger partial charge in [-0.05, 0) is 55.0 Å². The van der Waals surface area contributed by atoms with Crippen LogP contribution in [0.15, 0.2) is 79.3 Å². The van der Waals surface area contributed by atoms with Gasteiger partial charge in [-0.1, -0.05) is 12.1 Å². The van der Waals surface area contributed by atoms with E-state index in [2.05, 4.69) is 25.6 Å². The molecule has 0 saturated carbocycles. The first-order valence-corrected chi connectivity index (χ1v) is 9.86. The van der Waals surface area contributed by atoms with Gasteiger partial charge in [-0.25, -0.2) is 14.4 Å². The van der Waals surface area contributed by atoms with Crippen molar-refractivity contribution in [3.8, 4) is 17.0 Å². The SMILES string of the molecule is Cc1ccc(NC(=O)COc2cccc(F)c2)cc1Nc1nccc(-c2cccnc2)n1. The van der Waals surface area contributed by atoms with Gasteiger partial charge < -0.3 is 15.4 Å². The Balaban J connectivity index is 1.43. The summed E-state index contributed by atoms with van der Waals surface area (Å²) in [6.07, 6.45) is 5.11. The number of aryl methyl sites for hydroxylation is 1. The number of carbonyl (C=O) groups is 1. The van der Waals surface area contributed by atoms with Gasteiger partial charge in [0.1, 0.15) is 11.6 Å². The molecule has 32 heavy (non-hydrogen) atoms. The molecule has 8 heteroatoms. The molecular formula is C24H20FN5O2. The number of pyridine rings is 1. The van der Waals surface area contributed by atoms with E-state index in [9.17, 15) is 9.18 Å². The van der Waals surface area contributed by atoms with Crippen LogP contribution in [0.3, 0.4) is 0 Å². The van der Waals surface area contributed by atoms with Crippen molar-refractivity contribution >= 4 is 23.2 Å². The Hall–Kier alpha value is -4.33. The topological polar surface area (TPSA) is 89.0 Å². The number of ether oxygens (including phenoxy) is 1. The van der Waals surface area contributed by atoms with Gasteiger partial charge in [0.2, 0.25) is 5.95 Å². The number of halogens is 1. The van der Waals surface area contributed by atoms with Gasteiger partial charge >= 0.3 is 0 Å². The van der Waals surface area contributed by atoms with E-state index >= 15 is 0 Å². The van der Waals surface area contributed by atoms with E-state index in [0.717, 1.165) is 22.5 Å². The molecule has 0 aliphatic rings. The molecule has 0 unspecified atom stereocenters. The fourth-order valence-electron chi connectivity index (χ4n) is 2.95. The summed E-state index contributed by atoms with van der Waals surface area (Å²) in [5, 5.41) is 5.96. The maximum Gasteiger partial charge on any atom is 0.262 e. The van der Waals surface area contributed by atoms with Crippen molar-refractivity contribution in [3.05, 3.63) is 90.6 Å². The Bertz CT molecular complexity index is 1230. The highest BCUT2D eigenvalue weighted by atomic mass is 19.1. The Morgan fingerprint density at radius 2 is 1.97 bits per heavy atom. The summed E-state index contributed by atoms with van der Waals surface area (Å²) in [6, 6.07) is 16.7. The van der Waals surface area contributed by atoms with E-state index in [1.807, 2.05) is 31.2 Å². The first-order valence-electron chi connectivity index (χ1n) is 9.86. The van der Waals surface area contributed by atoms with Crippen molar-refractivity contribution in [2.45, 2.75) is 6.92 Å². The Kier molecular flexibility index (Phi) is 6.31. The van der Waals surface area contributed by atoms with Crippen LogP contribution in [0.4, 0.5) is 21.7 Å². The molecule has 0 radical (unpaired) electrons. The standard InChI is InChI=1S/C24H20FN5O2/c1-16-7-8-19(28-23(31)15-32-20-6-2-5-18(25)12-20)13-22(16)30-24-27-11-9-21(29-24)17-4-3-10-26-14-17/h2-14H,15H2,1H3,(H,28,31)(H,27,29,30). The van der Waals surface area contributed by atoms with Gasteiger partial charge in [0, 0.05) is 41.6 Å². The minimum atomic E-state index is -0.424. The smallest absolute Gasteiger partial charge is 0.262 e. The van der Waals surface area contributed by atoms with Crippen LogP contribution in [0.5, 0.6) is 5.75 Å². The van der Waals surface area contributed by atoms with Crippen LogP contribution >= 0.6 is 0 Å². The minimum Gasteiger partial charge on any atom is -0.484 e. The lowest BCUT2D eigenvalue weighted by atomic mass is 10.1. The van der Waals surface area contributed by atoms with E-state index in [4.69, 9.17) is 4.74 Å². The molecule has 0 aliphatic heterocycles. The van der Waals surface area contributed by atoms with Crippen LogP contribution in [-0.2, 0) is 4.79 Å². The number of amides is 1. The second-order valence-electron chi connectivity index (χ2n) is 6.96. The molecular weight excluding hydrogens is 409 g/mol. The monoisotopic (exact) mass is 429 g/mol. The number of nitrogens with one attached hydrogen (secondary N) is 2. The summed E-state index contributed by atoms with van der Waals surface area (Å²) in [7, 11) is 0. The highest BCUT2D eigenvalue weighted by Crippen LogP contribution is 2.24. The van der Waals surface area contributed by atoms with Crippen LogP contribution in [0.25, 0.3) is 11.3 Å². The van der Waals surface area contributed by atoms with Crippen molar-refractivity contribution in [3.63, 3.8) is 0 Å². The number of nitrogens with zero attached hydrogens (tertiary/aromatic N) is 3. The van der Waals surface area contributed by atoms with E-state index < -0.39 is 5.82 Å². The van der Waals surface area contributed by atoms with E-state index in [-0.39, 0.29) is 18.3 Å². The maximum atomic E-state index is 13.2. The molecule has 0 atom stereocenters. The largest absolute Gasteiger partial charge is 0.484 e. The van der Waals surface area contributed by atoms with Crippen LogP contribution in [0.2, 0.25) is 0 Å². The third-order valence-electron chi connectivity index (χ3n) is 4.55. The number of hydrogen-bond donors (Lipinski definition) is 2. The number of anilines is 3. The van der Waals surface area contributed by atoms with Crippen LogP contribution in [0.1, 0.15) is 5.56 Å². The molecule has 7 nitrogen and oxygen atoms in total. The van der Waals surface area contributed by atoms with Crippen molar-refractivity contribution in [2.24, 2.45) is 0 Å². The number of carbonyl (C=O) groups excluding carboxylic acids is 1. The number of benzene rings is 2. The highest BCUT2D eigenvalue weighted by molar-refractivity contribution is 5.92. The second kappa shape index (κ2) is 9.65. The van der Waals surface area contributed by atoms with E-state index in [1.54, 1.807) is 36.8 Å². The fraction of sp³-hybridized carbons (Fsp3) is 0.0833. The Morgan fingerprint density at radius 1 is 1.06 bits per heavy atom. The first-order chi connectivity index (χ1) is 15.6. The third kappa shape index (κ3) is 5.42. The van der Waals surface area contributed by atoms with E-state index in [0.29, 0.717) is 11.6 Å². The van der Waals surface area contributed by atoms with E-state index in [1.165, 1.54) is 18.2 Å². The lowest BCUT2D eigenvalue weighted by molar-refractivity contribution is -0.118. The third-order valence-corrected chi connectivity index (χ3v) is 4.55. The zero-order chi connectivity index (χ0) is 22.3. The Morgan fingerprint density at radius 3 is 2.78 bits per heavy atom. The van der Waals surface area contributed by atoms with Crippen molar-refractivity contribution in [1.29, 1.82) is 0 Å². The molecule has 0 saturated heterocycles. The summed E-state index contributed by atoms with van der Waals surface area (Å²) in [4.78, 5) is 25.2. The summed E-state index contributed by atoms with van der Waals surface area (Å²) in [6.45, 7) is 1.70. The quantitative estimate of drug-likeness (QED) is 0.441. The van der Waals surface area contributed by atoms with Crippen molar-refractivity contribution in [2.75, 3.05) is 17.2 Å². The maximum absolute atomic E-state index is 13.2. The van der Waals surface area contributed by atoms with Gasteiger partial charge in [-0.2, -0.15) is 0 Å². The van der Waals surface area contributed by atoms with Crippen LogP contribution in [-0.4, -0.2) is 27.5 Å². The molecule has 160 valence electrons. The van der Waals surface area contributed by atoms with Crippen LogP contribution < -0.4 is 15.4 Å². The lowest BCUT2D eigenvalue weighted by Crippen LogP contribution is -2.20. The molecule has 1 amide bonds. The fourth-order valence-corrected chi connectivity index (χ4v) is 2.95. The molecule has 2 heterocycles. The van der Waals surface area contributed by atoms with Gasteiger partial charge in [0.25, 0.3) is 5.91 Å². The molecule has 4 rings (SSSR count). The molecule has 0 aliphatic carbocycles. The predicted molar refractivity (Wildman–Crippen MR) is 120 cm³/mol. The number of aromatic nitrogens is 3. The molecule has 2 N–H and O–H groups in total. The van der Waals surface area contributed by atoms with Gasteiger partial charge in [-0.3, -0.25) is 9.78 Å². The molecule has 2 aromatic heterocycles. The average Bonchev–Trinajstić information content (AvgIpc) is 2.81. The molecule has 0 fully saturated rings. The first kappa shape index (κ1) is 20.9. The second-order valence-corrected chi connectivity index (χ2v) is 6.96. The van der Waals surface area contributed by atoms with Crippen LogP contribution in [0, 0.1) is 12.7 Å². The molecule has 0 bridgehead atoms. The normalized spacial score (nSPS) is 10.4. The van der Waals surface area contributed by atoms with Gasteiger partial charge in [0.05, 0.1) is 5.69 Å². The number of rotatable bonds is 7. The Labute approximate surface area is 184 Å². The lowest BCUT2D eigenvalue weighted by Gasteiger charge is -2.12. The van der Waals surface area contributed by atoms with Crippen molar-refractivity contribution < 1.29 is 13.9 Å². The van der Waals surface area contributed by atoms with Gasteiger partial charge in [0.15, 0.2) is 6.61 Å². The zero-order valence-electron chi connectivity index (χ0n) is 17.2. The summed E-state index contributed by atoms with van der Waals surface area (Å²) < 4.78 is 18.6. The summed E-state index contributed by atoms with van der Waals surface area (Å²) in [5.74, 6) is -0.0738. The molecule has 4 aromatic rings. The highest BCUT2D eigenvalue weighted by Gasteiger charge is 2.09. The number of hydrogen-bond acceptors (Lipinski definition) is 6. The molecule has 0 spiro atoms. The predicted octanol–water partition coefficient (Wildman–Crippen LogP) is 4.75. The van der Waals surface area contributed by atoms with Gasteiger partial charge in [-0.15, -0.1) is 0 Å².